The van der Waals surface area contributed by atoms with E-state index in [0.29, 0.717) is 5.92 Å². The second-order valence-corrected chi connectivity index (χ2v) is 7.00. The fraction of sp³-hybridized carbons (Fsp3) is 0.700. The number of benzene rings is 1. The Bertz CT molecular complexity index is 489. The molecule has 122 valence electrons. The smallest absolute Gasteiger partial charge is 0.125 e. The molecule has 0 aromatic heterocycles. The normalized spacial score (nSPS) is 19.9. The maximum atomic E-state index is 5.88. The largest absolute Gasteiger partial charge is 0.496 e. The van der Waals surface area contributed by atoms with Crippen molar-refractivity contribution in [2.75, 3.05) is 26.7 Å². The van der Waals surface area contributed by atoms with E-state index in [0.717, 1.165) is 0 Å². The highest BCUT2D eigenvalue weighted by atomic mass is 16.5. The maximum absolute atomic E-state index is 5.88. The van der Waals surface area contributed by atoms with Gasteiger partial charge in [-0.15, -0.1) is 0 Å². The molecule has 22 heavy (non-hydrogen) atoms. The van der Waals surface area contributed by atoms with Gasteiger partial charge in [0.2, 0.25) is 0 Å². The third-order valence-electron chi connectivity index (χ3n) is 5.57. The summed E-state index contributed by atoms with van der Waals surface area (Å²) >= 11 is 0. The summed E-state index contributed by atoms with van der Waals surface area (Å²) in [4.78, 5) is 2.64. The van der Waals surface area contributed by atoms with Crippen LogP contribution in [0.3, 0.4) is 0 Å². The number of rotatable bonds is 5. The molecule has 0 atom stereocenters. The standard InChI is InChI=1S/C20H31NO/c1-3-4-13-21-14-11-17(12-15-21)19-10-9-16-7-5-6-8-18(16)20(19)22-2/h9-10,17H,3-8,11-15H2,1-2H3. The van der Waals surface area contributed by atoms with E-state index in [1.54, 1.807) is 0 Å². The molecular weight excluding hydrogens is 270 g/mol. The zero-order valence-electron chi connectivity index (χ0n) is 14.4. The minimum atomic E-state index is 0.694. The van der Waals surface area contributed by atoms with Crippen molar-refractivity contribution in [3.63, 3.8) is 0 Å². The Kier molecular flexibility index (Phi) is 5.41. The van der Waals surface area contributed by atoms with Crippen LogP contribution >= 0.6 is 0 Å². The van der Waals surface area contributed by atoms with Gasteiger partial charge in [0, 0.05) is 0 Å². The predicted molar refractivity (Wildman–Crippen MR) is 93.0 cm³/mol. The quantitative estimate of drug-likeness (QED) is 0.791. The Morgan fingerprint density at radius 1 is 1.14 bits per heavy atom. The zero-order chi connectivity index (χ0) is 15.4. The number of methoxy groups -OCH3 is 1. The summed E-state index contributed by atoms with van der Waals surface area (Å²) in [6.45, 7) is 6.07. The van der Waals surface area contributed by atoms with Crippen molar-refractivity contribution in [1.29, 1.82) is 0 Å². The van der Waals surface area contributed by atoms with Crippen LogP contribution in [-0.4, -0.2) is 31.6 Å². The van der Waals surface area contributed by atoms with Crippen molar-refractivity contribution < 1.29 is 4.74 Å². The van der Waals surface area contributed by atoms with Crippen molar-refractivity contribution in [2.24, 2.45) is 0 Å². The average Bonchev–Trinajstić information content (AvgIpc) is 2.59. The minimum Gasteiger partial charge on any atom is -0.496 e. The number of nitrogens with zero attached hydrogens (tertiary/aromatic N) is 1. The van der Waals surface area contributed by atoms with Gasteiger partial charge in [-0.25, -0.2) is 0 Å². The Morgan fingerprint density at radius 2 is 1.91 bits per heavy atom. The molecule has 2 heteroatoms. The number of likely N-dealkylation sites (tertiary alicyclic amines) is 1. The van der Waals surface area contributed by atoms with E-state index in [9.17, 15) is 0 Å². The molecule has 2 nitrogen and oxygen atoms in total. The topological polar surface area (TPSA) is 12.5 Å². The van der Waals surface area contributed by atoms with Crippen LogP contribution in [0, 0.1) is 0 Å². The molecule has 0 spiro atoms. The molecule has 1 aromatic rings. The maximum Gasteiger partial charge on any atom is 0.125 e. The summed E-state index contributed by atoms with van der Waals surface area (Å²) in [5, 5.41) is 0. The number of fused-ring (bicyclic) bond motifs is 1. The molecule has 0 unspecified atom stereocenters. The first-order valence-corrected chi connectivity index (χ1v) is 9.24. The molecule has 0 N–H and O–H groups in total. The first-order chi connectivity index (χ1) is 10.8. The highest BCUT2D eigenvalue weighted by molar-refractivity contribution is 5.49. The van der Waals surface area contributed by atoms with Gasteiger partial charge in [-0.3, -0.25) is 0 Å². The Hall–Kier alpha value is -1.02. The first kappa shape index (κ1) is 15.9. The van der Waals surface area contributed by atoms with Crippen LogP contribution in [0.5, 0.6) is 5.75 Å². The number of aryl methyl sites for hydroxylation is 1. The summed E-state index contributed by atoms with van der Waals surface area (Å²) in [6.07, 6.45) is 10.3. The lowest BCUT2D eigenvalue weighted by Crippen LogP contribution is -2.33. The number of hydrogen-bond donors (Lipinski definition) is 0. The number of hydrogen-bond acceptors (Lipinski definition) is 2. The Labute approximate surface area is 135 Å². The van der Waals surface area contributed by atoms with Crippen LogP contribution < -0.4 is 4.74 Å². The third kappa shape index (κ3) is 3.32. The predicted octanol–water partition coefficient (Wildman–Crippen LogP) is 4.55. The lowest BCUT2D eigenvalue weighted by Gasteiger charge is -2.33. The molecule has 1 aliphatic carbocycles. The van der Waals surface area contributed by atoms with Gasteiger partial charge in [0.05, 0.1) is 7.11 Å². The van der Waals surface area contributed by atoms with E-state index in [-0.39, 0.29) is 0 Å². The fourth-order valence-corrected chi connectivity index (χ4v) is 4.22. The van der Waals surface area contributed by atoms with Crippen LogP contribution in [0.25, 0.3) is 0 Å². The molecule has 3 rings (SSSR count). The van der Waals surface area contributed by atoms with Crippen molar-refractivity contribution in [3.8, 4) is 5.75 Å². The average molecular weight is 301 g/mol. The Balaban J connectivity index is 1.73. The van der Waals surface area contributed by atoms with E-state index in [2.05, 4.69) is 24.0 Å². The molecule has 1 saturated heterocycles. The molecule has 0 bridgehead atoms. The van der Waals surface area contributed by atoms with E-state index < -0.39 is 0 Å². The van der Waals surface area contributed by atoms with Gasteiger partial charge < -0.3 is 9.64 Å². The van der Waals surface area contributed by atoms with E-state index in [4.69, 9.17) is 4.74 Å². The molecule has 2 aliphatic rings. The molecule has 0 saturated carbocycles. The monoisotopic (exact) mass is 301 g/mol. The molecule has 0 radical (unpaired) electrons. The van der Waals surface area contributed by atoms with E-state index in [1.165, 1.54) is 93.4 Å². The van der Waals surface area contributed by atoms with Gasteiger partial charge in [-0.2, -0.15) is 0 Å². The van der Waals surface area contributed by atoms with Gasteiger partial charge in [0.25, 0.3) is 0 Å². The van der Waals surface area contributed by atoms with Gasteiger partial charge >= 0.3 is 0 Å². The van der Waals surface area contributed by atoms with Gasteiger partial charge in [0.15, 0.2) is 0 Å². The Morgan fingerprint density at radius 3 is 2.64 bits per heavy atom. The molecule has 1 aromatic carbocycles. The number of unbranched alkanes of at least 4 members (excludes halogenated alkanes) is 1. The first-order valence-electron chi connectivity index (χ1n) is 9.24. The van der Waals surface area contributed by atoms with Crippen LogP contribution in [0.4, 0.5) is 0 Å². The lowest BCUT2D eigenvalue weighted by molar-refractivity contribution is 0.208. The SMILES string of the molecule is CCCCN1CCC(c2ccc3c(c2OC)CCCC3)CC1. The summed E-state index contributed by atoms with van der Waals surface area (Å²) in [7, 11) is 1.87. The highest BCUT2D eigenvalue weighted by Crippen LogP contribution is 2.40. The highest BCUT2D eigenvalue weighted by Gasteiger charge is 2.25. The zero-order valence-corrected chi connectivity index (χ0v) is 14.4. The van der Waals surface area contributed by atoms with Crippen molar-refractivity contribution in [1.82, 2.24) is 4.90 Å². The summed E-state index contributed by atoms with van der Waals surface area (Å²) < 4.78 is 5.88. The lowest BCUT2D eigenvalue weighted by atomic mass is 9.83. The molecule has 0 amide bonds. The van der Waals surface area contributed by atoms with E-state index in [1.807, 2.05) is 7.11 Å². The number of piperidine rings is 1. The van der Waals surface area contributed by atoms with Gasteiger partial charge in [-0.05, 0) is 87.2 Å². The van der Waals surface area contributed by atoms with Gasteiger partial charge in [-0.1, -0.05) is 25.5 Å². The molecule has 1 aliphatic heterocycles. The summed E-state index contributed by atoms with van der Waals surface area (Å²) in [6, 6.07) is 4.76. The van der Waals surface area contributed by atoms with Crippen LogP contribution in [-0.2, 0) is 12.8 Å². The van der Waals surface area contributed by atoms with Crippen molar-refractivity contribution in [2.45, 2.75) is 64.2 Å². The third-order valence-corrected chi connectivity index (χ3v) is 5.57. The second kappa shape index (κ2) is 7.50. The second-order valence-electron chi connectivity index (χ2n) is 7.00. The molecule has 1 fully saturated rings. The van der Waals surface area contributed by atoms with E-state index >= 15 is 0 Å². The summed E-state index contributed by atoms with van der Waals surface area (Å²) in [5.41, 5.74) is 4.53. The van der Waals surface area contributed by atoms with Crippen LogP contribution in [0.15, 0.2) is 12.1 Å². The molecular formula is C20H31NO. The summed E-state index contributed by atoms with van der Waals surface area (Å²) in [5.74, 6) is 1.92. The fourth-order valence-electron chi connectivity index (χ4n) is 4.22. The van der Waals surface area contributed by atoms with Crippen molar-refractivity contribution >= 4 is 0 Å². The molecule has 1 heterocycles. The minimum absolute atomic E-state index is 0.694. The van der Waals surface area contributed by atoms with Crippen molar-refractivity contribution in [3.05, 3.63) is 28.8 Å². The van der Waals surface area contributed by atoms with Crippen LogP contribution in [0.1, 0.15) is 68.1 Å². The van der Waals surface area contributed by atoms with Gasteiger partial charge in [0.1, 0.15) is 5.75 Å². The number of ether oxygens (including phenoxy) is 1. The van der Waals surface area contributed by atoms with Crippen LogP contribution in [0.2, 0.25) is 0 Å².